The minimum atomic E-state index is -4.35. The van der Waals surface area contributed by atoms with Gasteiger partial charge in [-0.3, -0.25) is 9.59 Å². The Bertz CT molecular complexity index is 1870. The molecule has 278 valence electrons. The summed E-state index contributed by atoms with van der Waals surface area (Å²) in [5.41, 5.74) is 7.63. The maximum atomic E-state index is 14.2. The Kier molecular flexibility index (Phi) is 12.2. The summed E-state index contributed by atoms with van der Waals surface area (Å²) >= 11 is 13.3. The van der Waals surface area contributed by atoms with Crippen molar-refractivity contribution in [3.05, 3.63) is 63.3 Å². The molecule has 1 aromatic heterocycles. The molecular formula is C36H49Cl2N6O6S+. The number of halogens is 2. The number of carbonyl (C=O) groups excluding carboxylic acids is 2. The van der Waals surface area contributed by atoms with Crippen LogP contribution in [0.4, 0.5) is 0 Å². The van der Waals surface area contributed by atoms with Gasteiger partial charge in [0.25, 0.3) is 0 Å². The van der Waals surface area contributed by atoms with E-state index in [0.717, 1.165) is 34.1 Å². The average molecular weight is 765 g/mol. The maximum absolute atomic E-state index is 14.2. The fourth-order valence-electron chi connectivity index (χ4n) is 6.71. The molecule has 2 aromatic carbocycles. The summed E-state index contributed by atoms with van der Waals surface area (Å²) in [5, 5.41) is 1.07. The number of nitrogens with one attached hydrogen (secondary N) is 1. The van der Waals surface area contributed by atoms with Gasteiger partial charge in [-0.05, 0) is 69.4 Å². The Hall–Kier alpha value is -3.04. The van der Waals surface area contributed by atoms with Gasteiger partial charge in [-0.2, -0.15) is 4.72 Å². The number of pyridine rings is 1. The molecule has 0 saturated carbocycles. The van der Waals surface area contributed by atoms with Gasteiger partial charge in [-0.25, -0.2) is 13.4 Å². The predicted octanol–water partition coefficient (Wildman–Crippen LogP) is 4.05. The first kappa shape index (κ1) is 39.2. The largest absolute Gasteiger partial charge is 0.487 e. The monoisotopic (exact) mass is 763 g/mol. The van der Waals surface area contributed by atoms with Crippen molar-refractivity contribution in [1.29, 1.82) is 0 Å². The van der Waals surface area contributed by atoms with Crippen molar-refractivity contribution in [2.75, 3.05) is 67.1 Å². The smallest absolute Gasteiger partial charge is 0.244 e. The molecule has 2 aliphatic rings. The standard InChI is InChI=1S/C36H49Cl2N6O6S/c1-24-22-25(2)40-33-26(24)8-6-10-30(33)50-23-27-28(37)11-12-31(32(27)38)51(47,48)41-36(13-20-49-21-14-36)35(46)43-17-15-42(16-18-43)34(45)29(39)9-7-19-44(3,4)5/h6,8,10-12,22,29,41H,7,9,13-21,23,39H2,1-5H3/q+1/t29-/m0/s1. The van der Waals surface area contributed by atoms with Gasteiger partial charge in [0.1, 0.15) is 28.3 Å². The van der Waals surface area contributed by atoms with Crippen molar-refractivity contribution < 1.29 is 32.0 Å². The SMILES string of the molecule is Cc1cc(C)c2cccc(OCc3c(Cl)ccc(S(=O)(=O)NC4(C(=O)N5CCN(C(=O)[C@@H](N)CCC[N+](C)(C)C)CC5)CCOCC4)c3Cl)c2n1. The van der Waals surface area contributed by atoms with Crippen LogP contribution >= 0.6 is 23.2 Å². The van der Waals surface area contributed by atoms with Crippen LogP contribution in [0.2, 0.25) is 10.0 Å². The molecule has 0 spiro atoms. The molecule has 1 atom stereocenters. The zero-order valence-electron chi connectivity index (χ0n) is 30.0. The van der Waals surface area contributed by atoms with E-state index in [1.54, 1.807) is 15.9 Å². The summed E-state index contributed by atoms with van der Waals surface area (Å²) in [6.07, 6.45) is 1.68. The molecule has 0 radical (unpaired) electrons. The van der Waals surface area contributed by atoms with Gasteiger partial charge in [0.05, 0.1) is 38.8 Å². The summed E-state index contributed by atoms with van der Waals surface area (Å²) < 4.78 is 43.4. The third-order valence-electron chi connectivity index (χ3n) is 9.57. The van der Waals surface area contributed by atoms with Crippen LogP contribution in [0.5, 0.6) is 5.75 Å². The maximum Gasteiger partial charge on any atom is 0.244 e. The molecule has 0 bridgehead atoms. The molecule has 3 N–H and O–H groups in total. The molecule has 2 fully saturated rings. The topological polar surface area (TPSA) is 144 Å². The number of fused-ring (bicyclic) bond motifs is 1. The van der Waals surface area contributed by atoms with E-state index < -0.39 is 21.6 Å². The Labute approximate surface area is 310 Å². The van der Waals surface area contributed by atoms with Crippen LogP contribution in [0.1, 0.15) is 42.5 Å². The quantitative estimate of drug-likeness (QED) is 0.263. The highest BCUT2D eigenvalue weighted by Crippen LogP contribution is 2.35. The van der Waals surface area contributed by atoms with Gasteiger partial charge in [-0.15, -0.1) is 0 Å². The minimum Gasteiger partial charge on any atom is -0.487 e. The van der Waals surface area contributed by atoms with Crippen LogP contribution in [0.15, 0.2) is 41.3 Å². The summed E-state index contributed by atoms with van der Waals surface area (Å²) in [6, 6.07) is 9.78. The Morgan fingerprint density at radius 1 is 1.06 bits per heavy atom. The van der Waals surface area contributed by atoms with E-state index in [4.69, 9.17) is 38.4 Å². The van der Waals surface area contributed by atoms with E-state index in [1.807, 2.05) is 32.0 Å². The van der Waals surface area contributed by atoms with Crippen molar-refractivity contribution in [3.63, 3.8) is 0 Å². The second-order valence-corrected chi connectivity index (χ2v) is 17.0. The molecule has 2 saturated heterocycles. The fourth-order valence-corrected chi connectivity index (χ4v) is 9.01. The number of amides is 2. The molecule has 5 rings (SSSR count). The minimum absolute atomic E-state index is 0.102. The number of para-hydroxylation sites is 1. The lowest BCUT2D eigenvalue weighted by Gasteiger charge is -2.43. The second-order valence-electron chi connectivity index (χ2n) is 14.5. The third kappa shape index (κ3) is 9.13. The van der Waals surface area contributed by atoms with Crippen molar-refractivity contribution in [2.24, 2.45) is 5.73 Å². The normalized spacial score (nSPS) is 17.4. The first-order valence-corrected chi connectivity index (χ1v) is 19.5. The van der Waals surface area contributed by atoms with E-state index in [2.05, 4.69) is 30.8 Å². The number of nitrogens with zero attached hydrogens (tertiary/aromatic N) is 4. The zero-order valence-corrected chi connectivity index (χ0v) is 32.3. The Morgan fingerprint density at radius 2 is 1.73 bits per heavy atom. The molecule has 3 aromatic rings. The van der Waals surface area contributed by atoms with E-state index in [1.165, 1.54) is 12.1 Å². The zero-order chi connectivity index (χ0) is 37.1. The van der Waals surface area contributed by atoms with Crippen LogP contribution in [0.3, 0.4) is 0 Å². The van der Waals surface area contributed by atoms with E-state index in [0.29, 0.717) is 30.8 Å². The van der Waals surface area contributed by atoms with Gasteiger partial charge in [0.15, 0.2) is 0 Å². The number of ether oxygens (including phenoxy) is 2. The van der Waals surface area contributed by atoms with Gasteiger partial charge in [0, 0.05) is 61.1 Å². The number of sulfonamides is 1. The highest BCUT2D eigenvalue weighted by atomic mass is 35.5. The van der Waals surface area contributed by atoms with Crippen LogP contribution in [-0.2, 0) is 31.0 Å². The molecule has 12 nitrogen and oxygen atoms in total. The molecule has 0 unspecified atom stereocenters. The summed E-state index contributed by atoms with van der Waals surface area (Å²) in [5.74, 6) is 0.00807. The highest BCUT2D eigenvalue weighted by molar-refractivity contribution is 7.89. The number of rotatable bonds is 12. The first-order chi connectivity index (χ1) is 24.0. The predicted molar refractivity (Wildman–Crippen MR) is 198 cm³/mol. The molecule has 15 heteroatoms. The number of aryl methyl sites for hydroxylation is 2. The summed E-state index contributed by atoms with van der Waals surface area (Å²) in [6.45, 7) is 6.21. The Balaban J connectivity index is 1.30. The van der Waals surface area contributed by atoms with Gasteiger partial charge in [-0.1, -0.05) is 35.3 Å². The number of piperazine rings is 1. The van der Waals surface area contributed by atoms with Crippen molar-refractivity contribution >= 4 is 55.9 Å². The van der Waals surface area contributed by atoms with Gasteiger partial charge >= 0.3 is 0 Å². The van der Waals surface area contributed by atoms with Crippen molar-refractivity contribution in [3.8, 4) is 5.75 Å². The molecule has 0 aliphatic carbocycles. The number of nitrogens with two attached hydrogens (primary N) is 1. The number of benzene rings is 2. The number of hydrogen-bond acceptors (Lipinski definition) is 8. The number of hydrogen-bond donors (Lipinski definition) is 2. The van der Waals surface area contributed by atoms with Crippen molar-refractivity contribution in [1.82, 2.24) is 19.5 Å². The lowest BCUT2D eigenvalue weighted by molar-refractivity contribution is -0.870. The number of carbonyl (C=O) groups is 2. The van der Waals surface area contributed by atoms with Crippen LogP contribution in [-0.4, -0.2) is 118 Å². The van der Waals surface area contributed by atoms with E-state index in [-0.39, 0.29) is 78.1 Å². The Morgan fingerprint density at radius 3 is 2.39 bits per heavy atom. The summed E-state index contributed by atoms with van der Waals surface area (Å²) in [4.78, 5) is 35.0. The molecule has 3 heterocycles. The number of aromatic nitrogens is 1. The van der Waals surface area contributed by atoms with Crippen LogP contribution in [0, 0.1) is 13.8 Å². The summed E-state index contributed by atoms with van der Waals surface area (Å²) in [7, 11) is 1.94. The van der Waals surface area contributed by atoms with Crippen molar-refractivity contribution in [2.45, 2.75) is 62.6 Å². The first-order valence-electron chi connectivity index (χ1n) is 17.2. The average Bonchev–Trinajstić information content (AvgIpc) is 3.07. The van der Waals surface area contributed by atoms with Crippen LogP contribution < -0.4 is 15.2 Å². The number of quaternary nitrogens is 1. The van der Waals surface area contributed by atoms with E-state index in [9.17, 15) is 18.0 Å². The molecular weight excluding hydrogens is 715 g/mol. The van der Waals surface area contributed by atoms with Gasteiger partial charge < -0.3 is 29.5 Å². The second kappa shape index (κ2) is 15.9. The van der Waals surface area contributed by atoms with Gasteiger partial charge in [0.2, 0.25) is 21.8 Å². The third-order valence-corrected chi connectivity index (χ3v) is 12.1. The lowest BCUT2D eigenvalue weighted by Crippen LogP contribution is -2.64. The molecule has 2 amide bonds. The van der Waals surface area contributed by atoms with Crippen LogP contribution in [0.25, 0.3) is 10.9 Å². The highest BCUT2D eigenvalue weighted by Gasteiger charge is 2.47. The molecule has 51 heavy (non-hydrogen) atoms. The molecule has 2 aliphatic heterocycles. The van der Waals surface area contributed by atoms with E-state index >= 15 is 0 Å². The lowest BCUT2D eigenvalue weighted by atomic mass is 9.89. The fraction of sp³-hybridized carbons (Fsp3) is 0.528.